The lowest BCUT2D eigenvalue weighted by atomic mass is 9.92. The quantitative estimate of drug-likeness (QED) is 0.827. The van der Waals surface area contributed by atoms with Crippen molar-refractivity contribution >= 4 is 5.91 Å². The van der Waals surface area contributed by atoms with Gasteiger partial charge in [-0.2, -0.15) is 0 Å². The van der Waals surface area contributed by atoms with Gasteiger partial charge >= 0.3 is 0 Å². The third-order valence-corrected chi connectivity index (χ3v) is 4.72. The Kier molecular flexibility index (Phi) is 6.17. The van der Waals surface area contributed by atoms with Crippen LogP contribution in [0.1, 0.15) is 50.2 Å². The van der Waals surface area contributed by atoms with Crippen molar-refractivity contribution < 1.29 is 9.18 Å². The van der Waals surface area contributed by atoms with Gasteiger partial charge in [0.15, 0.2) is 0 Å². The molecule has 3 nitrogen and oxygen atoms in total. The van der Waals surface area contributed by atoms with Crippen LogP contribution < -0.4 is 0 Å². The maximum Gasteiger partial charge on any atom is 0.222 e. The Balaban J connectivity index is 1.88. The molecule has 1 fully saturated rings. The highest BCUT2D eigenvalue weighted by Crippen LogP contribution is 2.24. The van der Waals surface area contributed by atoms with Crippen molar-refractivity contribution in [1.82, 2.24) is 9.80 Å². The average molecular weight is 320 g/mol. The monoisotopic (exact) mass is 320 g/mol. The first-order valence-corrected chi connectivity index (χ1v) is 8.57. The van der Waals surface area contributed by atoms with E-state index in [1.54, 1.807) is 17.0 Å². The number of amides is 1. The summed E-state index contributed by atoms with van der Waals surface area (Å²) in [6, 6.07) is 5.40. The van der Waals surface area contributed by atoms with Gasteiger partial charge in [0.05, 0.1) is 0 Å². The molecule has 1 aromatic rings. The van der Waals surface area contributed by atoms with Gasteiger partial charge in [-0.3, -0.25) is 9.69 Å². The Morgan fingerprint density at radius 3 is 2.48 bits per heavy atom. The molecule has 1 saturated heterocycles. The van der Waals surface area contributed by atoms with E-state index in [-0.39, 0.29) is 11.7 Å². The van der Waals surface area contributed by atoms with Gasteiger partial charge in [0.1, 0.15) is 5.82 Å². The summed E-state index contributed by atoms with van der Waals surface area (Å²) in [6.07, 6.45) is 2.75. The zero-order valence-electron chi connectivity index (χ0n) is 14.8. The second-order valence-corrected chi connectivity index (χ2v) is 7.26. The number of hydrogen-bond acceptors (Lipinski definition) is 2. The predicted molar refractivity (Wildman–Crippen MR) is 91.8 cm³/mol. The first kappa shape index (κ1) is 17.9. The highest BCUT2D eigenvalue weighted by molar-refractivity contribution is 5.75. The first-order chi connectivity index (χ1) is 10.8. The summed E-state index contributed by atoms with van der Waals surface area (Å²) < 4.78 is 13.8. The highest BCUT2D eigenvalue weighted by atomic mass is 19.1. The molecule has 0 N–H and O–H groups in total. The van der Waals surface area contributed by atoms with Crippen molar-refractivity contribution in [2.24, 2.45) is 5.92 Å². The zero-order chi connectivity index (χ0) is 17.0. The van der Waals surface area contributed by atoms with Crippen LogP contribution >= 0.6 is 0 Å². The minimum atomic E-state index is -0.141. The molecule has 0 radical (unpaired) electrons. The second-order valence-electron chi connectivity index (χ2n) is 7.26. The van der Waals surface area contributed by atoms with E-state index in [9.17, 15) is 9.18 Å². The fraction of sp³-hybridized carbons (Fsp3) is 0.632. The molecule has 1 aromatic carbocycles. The Labute approximate surface area is 139 Å². The molecule has 0 unspecified atom stereocenters. The fourth-order valence-corrected chi connectivity index (χ4v) is 3.14. The molecule has 0 bridgehead atoms. The van der Waals surface area contributed by atoms with Crippen LogP contribution in [0.25, 0.3) is 0 Å². The normalized spacial score (nSPS) is 16.8. The molecule has 23 heavy (non-hydrogen) atoms. The minimum Gasteiger partial charge on any atom is -0.349 e. The molecule has 0 atom stereocenters. The third kappa shape index (κ3) is 5.31. The highest BCUT2D eigenvalue weighted by Gasteiger charge is 2.22. The van der Waals surface area contributed by atoms with Crippen molar-refractivity contribution in [3.63, 3.8) is 0 Å². The average Bonchev–Trinajstić information content (AvgIpc) is 2.48. The van der Waals surface area contributed by atoms with Crippen LogP contribution in [0.15, 0.2) is 18.2 Å². The maximum atomic E-state index is 13.8. The molecular weight excluding hydrogens is 291 g/mol. The van der Waals surface area contributed by atoms with E-state index in [4.69, 9.17) is 0 Å². The Bertz CT molecular complexity index is 534. The number of piperidine rings is 1. The van der Waals surface area contributed by atoms with Gasteiger partial charge in [-0.1, -0.05) is 19.9 Å². The van der Waals surface area contributed by atoms with Crippen LogP contribution in [-0.4, -0.2) is 42.9 Å². The minimum absolute atomic E-state index is 0.141. The lowest BCUT2D eigenvalue weighted by molar-refractivity contribution is -0.130. The molecule has 2 rings (SSSR count). The van der Waals surface area contributed by atoms with Crippen LogP contribution in [0.5, 0.6) is 0 Å². The van der Waals surface area contributed by atoms with E-state index >= 15 is 0 Å². The maximum absolute atomic E-state index is 13.8. The summed E-state index contributed by atoms with van der Waals surface area (Å²) in [6.45, 7) is 6.95. The van der Waals surface area contributed by atoms with Gasteiger partial charge in [-0.25, -0.2) is 4.39 Å². The number of halogens is 1. The van der Waals surface area contributed by atoms with Crippen molar-refractivity contribution in [1.29, 1.82) is 0 Å². The van der Waals surface area contributed by atoms with E-state index in [0.717, 1.165) is 43.6 Å². The SMILES string of the molecule is CC(C)c1cc(F)cc(CN2CCC(CC(=O)N(C)C)CC2)c1. The molecule has 0 aliphatic carbocycles. The van der Waals surface area contributed by atoms with Crippen molar-refractivity contribution in [3.8, 4) is 0 Å². The number of rotatable bonds is 5. The zero-order valence-corrected chi connectivity index (χ0v) is 14.8. The Morgan fingerprint density at radius 2 is 1.91 bits per heavy atom. The predicted octanol–water partition coefficient (Wildman–Crippen LogP) is 3.64. The largest absolute Gasteiger partial charge is 0.349 e. The van der Waals surface area contributed by atoms with Gasteiger partial charge in [0.2, 0.25) is 5.91 Å². The number of carbonyl (C=O) groups excluding carboxylic acids is 1. The molecule has 0 aromatic heterocycles. The topological polar surface area (TPSA) is 23.6 Å². The van der Waals surface area contributed by atoms with Crippen LogP contribution in [0, 0.1) is 11.7 Å². The summed E-state index contributed by atoms with van der Waals surface area (Å²) in [5.74, 6) is 0.903. The van der Waals surface area contributed by atoms with Crippen LogP contribution in [0.2, 0.25) is 0 Å². The second kappa shape index (κ2) is 7.91. The van der Waals surface area contributed by atoms with E-state index in [1.807, 2.05) is 14.1 Å². The van der Waals surface area contributed by atoms with Crippen LogP contribution in [-0.2, 0) is 11.3 Å². The van der Waals surface area contributed by atoms with E-state index in [0.29, 0.717) is 18.3 Å². The van der Waals surface area contributed by atoms with Gasteiger partial charge in [-0.15, -0.1) is 0 Å². The van der Waals surface area contributed by atoms with Crippen LogP contribution in [0.3, 0.4) is 0 Å². The molecule has 1 aliphatic heterocycles. The molecular formula is C19H29FN2O. The van der Waals surface area contributed by atoms with Crippen LogP contribution in [0.4, 0.5) is 4.39 Å². The summed E-state index contributed by atoms with van der Waals surface area (Å²) in [5, 5.41) is 0. The molecule has 1 aliphatic rings. The number of likely N-dealkylation sites (tertiary alicyclic amines) is 1. The standard InChI is InChI=1S/C19H29FN2O/c1-14(2)17-9-16(10-18(20)12-17)13-22-7-5-15(6-8-22)11-19(23)21(3)4/h9-10,12,14-15H,5-8,11,13H2,1-4H3. The van der Waals surface area contributed by atoms with Crippen molar-refractivity contribution in [3.05, 3.63) is 35.1 Å². The third-order valence-electron chi connectivity index (χ3n) is 4.72. The molecule has 1 heterocycles. The molecule has 0 saturated carbocycles. The van der Waals surface area contributed by atoms with E-state index in [2.05, 4.69) is 24.8 Å². The fourth-order valence-electron chi connectivity index (χ4n) is 3.14. The van der Waals surface area contributed by atoms with Gasteiger partial charge in [0, 0.05) is 27.1 Å². The summed E-state index contributed by atoms with van der Waals surface area (Å²) in [7, 11) is 3.63. The van der Waals surface area contributed by atoms with Gasteiger partial charge < -0.3 is 4.90 Å². The number of hydrogen-bond donors (Lipinski definition) is 0. The lowest BCUT2D eigenvalue weighted by Gasteiger charge is -2.32. The van der Waals surface area contributed by atoms with E-state index < -0.39 is 0 Å². The van der Waals surface area contributed by atoms with Crippen molar-refractivity contribution in [2.45, 2.75) is 45.6 Å². The smallest absolute Gasteiger partial charge is 0.222 e. The Morgan fingerprint density at radius 1 is 1.26 bits per heavy atom. The number of benzene rings is 1. The molecule has 4 heteroatoms. The van der Waals surface area contributed by atoms with Crippen molar-refractivity contribution in [2.75, 3.05) is 27.2 Å². The van der Waals surface area contributed by atoms with E-state index in [1.165, 1.54) is 0 Å². The molecule has 0 spiro atoms. The summed E-state index contributed by atoms with van der Waals surface area (Å²) >= 11 is 0. The summed E-state index contributed by atoms with van der Waals surface area (Å²) in [5.41, 5.74) is 2.11. The lowest BCUT2D eigenvalue weighted by Crippen LogP contribution is -2.35. The Hall–Kier alpha value is -1.42. The molecule has 1 amide bonds. The number of nitrogens with zero attached hydrogens (tertiary/aromatic N) is 2. The van der Waals surface area contributed by atoms with Gasteiger partial charge in [0.25, 0.3) is 0 Å². The summed E-state index contributed by atoms with van der Waals surface area (Å²) in [4.78, 5) is 15.8. The first-order valence-electron chi connectivity index (χ1n) is 8.57. The van der Waals surface area contributed by atoms with Gasteiger partial charge in [-0.05, 0) is 61.0 Å². The molecule has 128 valence electrons. The number of carbonyl (C=O) groups is 1.